The smallest absolute Gasteiger partial charge is 0.271 e. The molecule has 1 aliphatic rings. The first-order chi connectivity index (χ1) is 13.0. The number of rotatable bonds is 6. The van der Waals surface area contributed by atoms with Crippen LogP contribution in [0.2, 0.25) is 5.02 Å². The van der Waals surface area contributed by atoms with Gasteiger partial charge in [-0.2, -0.15) is 0 Å². The van der Waals surface area contributed by atoms with Gasteiger partial charge in [-0.15, -0.1) is 11.8 Å². The Kier molecular flexibility index (Phi) is 5.83. The normalized spacial score (nSPS) is 13.6. The molecule has 0 radical (unpaired) electrons. The first-order valence-electron chi connectivity index (χ1n) is 7.90. The molecule has 0 bridgehead atoms. The van der Waals surface area contributed by atoms with Crippen LogP contribution in [0.5, 0.6) is 5.75 Å². The number of hydrogen-bond acceptors (Lipinski definition) is 5. The molecule has 0 aromatic heterocycles. The van der Waals surface area contributed by atoms with Crippen LogP contribution in [-0.4, -0.2) is 30.6 Å². The maximum Gasteiger partial charge on any atom is 0.271 e. The standard InChI is InChI=1S/C19H15ClN2O4S/c1-26-15-8-4-13(5-9-15)21-17(23)11-27-16-10-18(24)22(19(16)25)14-6-2-12(20)3-7-14/h2-10H,11H2,1H3,(H,21,23). The number of carbonyl (C=O) groups is 3. The molecular formula is C19H15ClN2O4S. The first-order valence-corrected chi connectivity index (χ1v) is 9.26. The molecule has 2 aromatic carbocycles. The number of anilines is 2. The molecule has 6 nitrogen and oxygen atoms in total. The van der Waals surface area contributed by atoms with Crippen LogP contribution >= 0.6 is 23.4 Å². The zero-order valence-corrected chi connectivity index (χ0v) is 15.8. The average molecular weight is 403 g/mol. The Hall–Kier alpha value is -2.77. The van der Waals surface area contributed by atoms with Crippen molar-refractivity contribution in [3.8, 4) is 5.75 Å². The maximum absolute atomic E-state index is 12.5. The average Bonchev–Trinajstić information content (AvgIpc) is 2.95. The van der Waals surface area contributed by atoms with Crippen molar-refractivity contribution in [2.75, 3.05) is 23.1 Å². The molecule has 0 unspecified atom stereocenters. The fraction of sp³-hybridized carbons (Fsp3) is 0.105. The lowest BCUT2D eigenvalue weighted by Gasteiger charge is -2.14. The second kappa shape index (κ2) is 8.28. The summed E-state index contributed by atoms with van der Waals surface area (Å²) in [7, 11) is 1.56. The molecule has 0 fully saturated rings. The minimum Gasteiger partial charge on any atom is -0.497 e. The molecule has 3 rings (SSSR count). The Morgan fingerprint density at radius 1 is 1.11 bits per heavy atom. The molecule has 138 valence electrons. The van der Waals surface area contributed by atoms with Gasteiger partial charge in [0.15, 0.2) is 0 Å². The van der Waals surface area contributed by atoms with Gasteiger partial charge >= 0.3 is 0 Å². The lowest BCUT2D eigenvalue weighted by molar-refractivity contribution is -0.120. The summed E-state index contributed by atoms with van der Waals surface area (Å²) in [6, 6.07) is 13.3. The van der Waals surface area contributed by atoms with Gasteiger partial charge in [0.1, 0.15) is 5.75 Å². The van der Waals surface area contributed by atoms with Crippen molar-refractivity contribution in [2.24, 2.45) is 0 Å². The third-order valence-corrected chi connectivity index (χ3v) is 4.97. The van der Waals surface area contributed by atoms with Crippen molar-refractivity contribution in [3.05, 3.63) is 64.5 Å². The maximum atomic E-state index is 12.5. The molecule has 1 heterocycles. The van der Waals surface area contributed by atoms with E-state index in [1.54, 1.807) is 55.6 Å². The fourth-order valence-electron chi connectivity index (χ4n) is 2.40. The summed E-state index contributed by atoms with van der Waals surface area (Å²) < 4.78 is 5.06. The van der Waals surface area contributed by atoms with Crippen molar-refractivity contribution in [3.63, 3.8) is 0 Å². The Balaban J connectivity index is 1.58. The van der Waals surface area contributed by atoms with E-state index in [0.29, 0.717) is 22.1 Å². The Labute approximate surface area is 165 Å². The van der Waals surface area contributed by atoms with E-state index in [-0.39, 0.29) is 16.6 Å². The fourth-order valence-corrected chi connectivity index (χ4v) is 3.29. The number of amides is 3. The summed E-state index contributed by atoms with van der Waals surface area (Å²) in [6.07, 6.45) is 1.24. The van der Waals surface area contributed by atoms with E-state index in [4.69, 9.17) is 16.3 Å². The van der Waals surface area contributed by atoms with Crippen LogP contribution in [0, 0.1) is 0 Å². The number of imide groups is 1. The van der Waals surface area contributed by atoms with Gasteiger partial charge in [-0.3, -0.25) is 14.4 Å². The zero-order valence-electron chi connectivity index (χ0n) is 14.3. The zero-order chi connectivity index (χ0) is 19.4. The molecule has 0 saturated carbocycles. The van der Waals surface area contributed by atoms with Crippen LogP contribution in [0.25, 0.3) is 0 Å². The van der Waals surface area contributed by atoms with Crippen molar-refractivity contribution in [2.45, 2.75) is 0 Å². The van der Waals surface area contributed by atoms with Crippen LogP contribution in [0.4, 0.5) is 11.4 Å². The summed E-state index contributed by atoms with van der Waals surface area (Å²) in [5.41, 5.74) is 1.05. The number of methoxy groups -OCH3 is 1. The quantitative estimate of drug-likeness (QED) is 0.748. The molecule has 3 amide bonds. The predicted octanol–water partition coefficient (Wildman–Crippen LogP) is 3.48. The van der Waals surface area contributed by atoms with Gasteiger partial charge in [0, 0.05) is 16.8 Å². The van der Waals surface area contributed by atoms with E-state index < -0.39 is 11.8 Å². The SMILES string of the molecule is COc1ccc(NC(=O)CSC2=CC(=O)N(c3ccc(Cl)cc3)C2=O)cc1. The summed E-state index contributed by atoms with van der Waals surface area (Å²) in [5, 5.41) is 3.24. The summed E-state index contributed by atoms with van der Waals surface area (Å²) in [6.45, 7) is 0. The van der Waals surface area contributed by atoms with E-state index >= 15 is 0 Å². The van der Waals surface area contributed by atoms with Crippen LogP contribution in [0.3, 0.4) is 0 Å². The number of ether oxygens (including phenoxy) is 1. The van der Waals surface area contributed by atoms with Gasteiger partial charge in [-0.05, 0) is 48.5 Å². The minimum atomic E-state index is -0.454. The topological polar surface area (TPSA) is 75.7 Å². The number of benzene rings is 2. The number of thioether (sulfide) groups is 1. The number of halogens is 1. The summed E-state index contributed by atoms with van der Waals surface area (Å²) in [4.78, 5) is 38.0. The molecule has 0 saturated heterocycles. The van der Waals surface area contributed by atoms with Crippen molar-refractivity contribution >= 4 is 52.5 Å². The van der Waals surface area contributed by atoms with Gasteiger partial charge in [0.25, 0.3) is 11.8 Å². The summed E-state index contributed by atoms with van der Waals surface area (Å²) >= 11 is 6.85. The van der Waals surface area contributed by atoms with E-state index in [9.17, 15) is 14.4 Å². The molecule has 1 N–H and O–H groups in total. The largest absolute Gasteiger partial charge is 0.497 e. The second-order valence-electron chi connectivity index (χ2n) is 5.53. The minimum absolute atomic E-state index is 0.00530. The van der Waals surface area contributed by atoms with E-state index in [1.807, 2.05) is 0 Å². The number of nitrogens with one attached hydrogen (secondary N) is 1. The van der Waals surface area contributed by atoms with Crippen LogP contribution in [-0.2, 0) is 14.4 Å². The number of nitrogens with zero attached hydrogens (tertiary/aromatic N) is 1. The van der Waals surface area contributed by atoms with Gasteiger partial charge in [0.2, 0.25) is 5.91 Å². The van der Waals surface area contributed by atoms with Crippen molar-refractivity contribution < 1.29 is 19.1 Å². The Morgan fingerprint density at radius 2 is 1.78 bits per heavy atom. The lowest BCUT2D eigenvalue weighted by atomic mass is 10.3. The predicted molar refractivity (Wildman–Crippen MR) is 106 cm³/mol. The first kappa shape index (κ1) is 19.0. The highest BCUT2D eigenvalue weighted by Crippen LogP contribution is 2.29. The highest BCUT2D eigenvalue weighted by molar-refractivity contribution is 8.04. The molecule has 27 heavy (non-hydrogen) atoms. The monoisotopic (exact) mass is 402 g/mol. The number of carbonyl (C=O) groups excluding carboxylic acids is 3. The molecule has 1 aliphatic heterocycles. The molecule has 0 aliphatic carbocycles. The molecule has 8 heteroatoms. The third kappa shape index (κ3) is 4.50. The summed E-state index contributed by atoms with van der Waals surface area (Å²) in [5.74, 6) is -0.489. The Morgan fingerprint density at radius 3 is 2.41 bits per heavy atom. The molecular weight excluding hydrogens is 388 g/mol. The van der Waals surface area contributed by atoms with Gasteiger partial charge in [0.05, 0.1) is 23.5 Å². The van der Waals surface area contributed by atoms with Crippen LogP contribution < -0.4 is 15.0 Å². The van der Waals surface area contributed by atoms with Gasteiger partial charge < -0.3 is 10.1 Å². The van der Waals surface area contributed by atoms with E-state index in [1.165, 1.54) is 6.08 Å². The second-order valence-corrected chi connectivity index (χ2v) is 6.98. The van der Waals surface area contributed by atoms with Crippen molar-refractivity contribution in [1.29, 1.82) is 0 Å². The molecule has 2 aromatic rings. The lowest BCUT2D eigenvalue weighted by Crippen LogP contribution is -2.30. The third-order valence-electron chi connectivity index (χ3n) is 3.71. The molecule has 0 atom stereocenters. The highest BCUT2D eigenvalue weighted by atomic mass is 35.5. The number of hydrogen-bond donors (Lipinski definition) is 1. The van der Waals surface area contributed by atoms with E-state index in [0.717, 1.165) is 16.7 Å². The molecule has 0 spiro atoms. The Bertz CT molecular complexity index is 910. The van der Waals surface area contributed by atoms with E-state index in [2.05, 4.69) is 5.32 Å². The highest BCUT2D eigenvalue weighted by Gasteiger charge is 2.32. The van der Waals surface area contributed by atoms with Crippen LogP contribution in [0.15, 0.2) is 59.5 Å². The van der Waals surface area contributed by atoms with Gasteiger partial charge in [-0.25, -0.2) is 4.90 Å². The van der Waals surface area contributed by atoms with Crippen molar-refractivity contribution in [1.82, 2.24) is 0 Å². The van der Waals surface area contributed by atoms with Gasteiger partial charge in [-0.1, -0.05) is 11.6 Å². The van der Waals surface area contributed by atoms with Crippen LogP contribution in [0.1, 0.15) is 0 Å².